The lowest BCUT2D eigenvalue weighted by Crippen LogP contribution is -2.37. The second-order valence-electron chi connectivity index (χ2n) is 6.58. The molecule has 2 rings (SSSR count). The van der Waals surface area contributed by atoms with Gasteiger partial charge in [-0.15, -0.1) is 0 Å². The first kappa shape index (κ1) is 18.4. The number of rotatable bonds is 3. The third kappa shape index (κ3) is 5.29. The summed E-state index contributed by atoms with van der Waals surface area (Å²) >= 11 is 5.24. The summed E-state index contributed by atoms with van der Waals surface area (Å²) in [7, 11) is 0. The molecule has 2 atom stereocenters. The maximum absolute atomic E-state index is 6.01. The van der Waals surface area contributed by atoms with Gasteiger partial charge in [-0.05, 0) is 47.7 Å². The van der Waals surface area contributed by atoms with E-state index in [1.165, 1.54) is 16.4 Å². The Morgan fingerprint density at radius 3 is 2.29 bits per heavy atom. The molecule has 0 N–H and O–H groups in total. The van der Waals surface area contributed by atoms with Crippen LogP contribution in [-0.4, -0.2) is 17.5 Å². The molecule has 2 unspecified atom stereocenters. The van der Waals surface area contributed by atoms with Gasteiger partial charge in [-0.3, -0.25) is 0 Å². The minimum Gasteiger partial charge on any atom is -0.490 e. The zero-order valence-corrected chi connectivity index (χ0v) is 19.5. The van der Waals surface area contributed by atoms with E-state index in [9.17, 15) is 0 Å². The van der Waals surface area contributed by atoms with Crippen LogP contribution in [-0.2, 0) is 0 Å². The van der Waals surface area contributed by atoms with Crippen molar-refractivity contribution in [3.63, 3.8) is 0 Å². The van der Waals surface area contributed by atoms with Crippen molar-refractivity contribution in [1.82, 2.24) is 0 Å². The molecule has 1 saturated carbocycles. The van der Waals surface area contributed by atoms with Crippen molar-refractivity contribution in [1.29, 1.82) is 0 Å². The third-order valence-electron chi connectivity index (χ3n) is 3.47. The van der Waals surface area contributed by atoms with Gasteiger partial charge in [0.25, 0.3) is 0 Å². The molecule has 1 fully saturated rings. The molecule has 1 aromatic carbocycles. The molecule has 118 valence electrons. The van der Waals surface area contributed by atoms with E-state index in [1.54, 1.807) is 3.51 Å². The predicted octanol–water partition coefficient (Wildman–Crippen LogP) is 6.21. The van der Waals surface area contributed by atoms with Gasteiger partial charge in [0.2, 0.25) is 0 Å². The van der Waals surface area contributed by atoms with Crippen molar-refractivity contribution in [2.45, 2.75) is 54.5 Å². The summed E-state index contributed by atoms with van der Waals surface area (Å²) in [5, 5.41) is 0. The van der Waals surface area contributed by atoms with Crippen LogP contribution >= 0.6 is 65.9 Å². The largest absolute Gasteiger partial charge is 0.490 e. The van der Waals surface area contributed by atoms with Gasteiger partial charge in [0.1, 0.15) is 5.75 Å². The van der Waals surface area contributed by atoms with Crippen LogP contribution in [0.25, 0.3) is 0 Å². The normalized spacial score (nSPS) is 25.2. The van der Waals surface area contributed by atoms with E-state index in [-0.39, 0.29) is 26.8 Å². The van der Waals surface area contributed by atoms with Crippen LogP contribution in [0.2, 0.25) is 0 Å². The summed E-state index contributed by atoms with van der Waals surface area (Å²) in [6.07, 6.45) is 2.88. The van der Waals surface area contributed by atoms with Gasteiger partial charge < -0.3 is 4.74 Å². The molecule has 1 aliphatic rings. The highest BCUT2D eigenvalue weighted by atomic mass is 127. The van der Waals surface area contributed by atoms with Crippen molar-refractivity contribution in [2.24, 2.45) is 5.41 Å². The van der Waals surface area contributed by atoms with Crippen molar-refractivity contribution in [2.75, 3.05) is 0 Å². The quantitative estimate of drug-likeness (QED) is 0.287. The zero-order valence-electron chi connectivity index (χ0n) is 13.0. The van der Waals surface area contributed by atoms with Crippen LogP contribution in [0.4, 0.5) is 0 Å². The van der Waals surface area contributed by atoms with Crippen LogP contribution in [0, 0.1) is 8.99 Å². The lowest BCUT2D eigenvalue weighted by molar-refractivity contribution is 0.240. The van der Waals surface area contributed by atoms with Gasteiger partial charge in [0.05, 0.1) is 6.10 Å². The minimum absolute atomic E-state index is 0.0940. The fourth-order valence-electron chi connectivity index (χ4n) is 2.55. The molecule has 21 heavy (non-hydrogen) atoms. The first-order valence-corrected chi connectivity index (χ1v) is 12.0. The molecule has 1 nitrogen and oxygen atoms in total. The standard InChI is InChI=1S/C17H23I3O/c1-11(2)21-15-8-6-5-7-14(15)20-16-12(18)9-17(3,4)10-13(16)19/h5-8,11-13H,9-10H2,1-4H3. The molecule has 0 spiro atoms. The van der Waals surface area contributed by atoms with Crippen molar-refractivity contribution < 1.29 is 4.74 Å². The molecule has 1 aliphatic carbocycles. The average Bonchev–Trinajstić information content (AvgIpc) is 2.33. The van der Waals surface area contributed by atoms with E-state index in [4.69, 9.17) is 4.74 Å². The van der Waals surface area contributed by atoms with Crippen LogP contribution in [0.3, 0.4) is 0 Å². The van der Waals surface area contributed by atoms with Crippen LogP contribution in [0.1, 0.15) is 40.5 Å². The molecule has 1 aromatic rings. The molecular formula is C17H23I3O. The van der Waals surface area contributed by atoms with Gasteiger partial charge in [0.15, 0.2) is 0 Å². The SMILES string of the molecule is CC(C)Oc1ccccc1I=C1C(I)CC(C)(C)CC1I. The van der Waals surface area contributed by atoms with Crippen molar-refractivity contribution in [3.05, 3.63) is 27.8 Å². The molecule has 0 bridgehead atoms. The lowest BCUT2D eigenvalue weighted by atomic mass is 9.77. The summed E-state index contributed by atoms with van der Waals surface area (Å²) in [5.41, 5.74) is 0.485. The average molecular weight is 624 g/mol. The van der Waals surface area contributed by atoms with E-state index in [0.717, 1.165) is 5.75 Å². The highest BCUT2D eigenvalue weighted by molar-refractivity contribution is 14.2. The second kappa shape index (κ2) is 7.77. The second-order valence-corrected chi connectivity index (χ2v) is 12.5. The van der Waals surface area contributed by atoms with Gasteiger partial charge in [-0.2, -0.15) is 0 Å². The van der Waals surface area contributed by atoms with Gasteiger partial charge >= 0.3 is 0 Å². The summed E-state index contributed by atoms with van der Waals surface area (Å²) in [6, 6.07) is 8.64. The fourth-order valence-corrected chi connectivity index (χ4v) is 10.8. The topological polar surface area (TPSA) is 9.23 Å². The Kier molecular flexibility index (Phi) is 6.81. The maximum Gasteiger partial charge on any atom is 0.132 e. The summed E-state index contributed by atoms with van der Waals surface area (Å²) in [4.78, 5) is 0. The number of hydrogen-bond acceptors (Lipinski definition) is 1. The zero-order chi connectivity index (χ0) is 15.6. The summed E-state index contributed by atoms with van der Waals surface area (Å²) in [5.74, 6) is 1.10. The molecule has 0 heterocycles. The van der Waals surface area contributed by atoms with Crippen LogP contribution in [0.15, 0.2) is 24.3 Å². The Labute approximate surface area is 166 Å². The van der Waals surface area contributed by atoms with Gasteiger partial charge in [-0.1, -0.05) is 91.9 Å². The van der Waals surface area contributed by atoms with E-state index in [0.29, 0.717) is 13.3 Å². The first-order chi connectivity index (χ1) is 9.78. The lowest BCUT2D eigenvalue weighted by Gasteiger charge is -2.37. The molecule has 0 aliphatic heterocycles. The molecular weight excluding hydrogens is 601 g/mol. The van der Waals surface area contributed by atoms with E-state index >= 15 is 0 Å². The van der Waals surface area contributed by atoms with E-state index < -0.39 is 0 Å². The van der Waals surface area contributed by atoms with E-state index in [1.807, 2.05) is 0 Å². The number of ether oxygens (including phenoxy) is 1. The smallest absolute Gasteiger partial charge is 0.132 e. The van der Waals surface area contributed by atoms with E-state index in [2.05, 4.69) is 97.1 Å². The van der Waals surface area contributed by atoms with Crippen molar-refractivity contribution >= 4 is 69.4 Å². The summed E-state index contributed by atoms with van der Waals surface area (Å²) < 4.78 is 10.7. The highest BCUT2D eigenvalue weighted by Gasteiger charge is 2.35. The number of hydrogen-bond donors (Lipinski definition) is 0. The number of halogens is 3. The highest BCUT2D eigenvalue weighted by Crippen LogP contribution is 2.43. The van der Waals surface area contributed by atoms with Crippen LogP contribution < -0.4 is 4.74 Å². The van der Waals surface area contributed by atoms with Crippen LogP contribution in [0.5, 0.6) is 5.75 Å². The predicted molar refractivity (Wildman–Crippen MR) is 119 cm³/mol. The summed E-state index contributed by atoms with van der Waals surface area (Å²) in [6.45, 7) is 9.03. The molecule has 4 heteroatoms. The van der Waals surface area contributed by atoms with Crippen molar-refractivity contribution in [3.8, 4) is 5.75 Å². The Morgan fingerprint density at radius 1 is 1.14 bits per heavy atom. The monoisotopic (exact) mass is 624 g/mol. The molecule has 0 amide bonds. The number of alkyl halides is 2. The molecule has 0 saturated heterocycles. The van der Waals surface area contributed by atoms with Gasteiger partial charge in [0, 0.05) is 11.4 Å². The first-order valence-electron chi connectivity index (χ1n) is 7.34. The molecule has 0 radical (unpaired) electrons. The number of benzene rings is 1. The Bertz CT molecular complexity index is 507. The third-order valence-corrected chi connectivity index (χ3v) is 11.7. The number of para-hydroxylation sites is 1. The Balaban J connectivity index is 2.31. The van der Waals surface area contributed by atoms with Gasteiger partial charge in [-0.25, -0.2) is 0 Å². The minimum atomic E-state index is -0.0940. The fraction of sp³-hybridized carbons (Fsp3) is 0.588. The molecule has 0 aromatic heterocycles. The maximum atomic E-state index is 6.01. The Hall–Kier alpha value is 1.08. The Morgan fingerprint density at radius 2 is 1.71 bits per heavy atom.